The van der Waals surface area contributed by atoms with Gasteiger partial charge in [0.15, 0.2) is 0 Å². The maximum atomic E-state index is 12.6. The summed E-state index contributed by atoms with van der Waals surface area (Å²) in [5, 5.41) is 3.04. The van der Waals surface area contributed by atoms with Crippen molar-refractivity contribution in [2.45, 2.75) is 19.4 Å². The van der Waals surface area contributed by atoms with Crippen molar-refractivity contribution < 1.29 is 9.53 Å². The number of para-hydroxylation sites is 1. The fourth-order valence-corrected chi connectivity index (χ4v) is 3.50. The average molecular weight is 339 g/mol. The number of nitrogens with one attached hydrogen (secondary N) is 1. The van der Waals surface area contributed by atoms with Crippen LogP contribution in [0.15, 0.2) is 42.5 Å². The van der Waals surface area contributed by atoms with Crippen molar-refractivity contribution in [3.8, 4) is 5.75 Å². The van der Waals surface area contributed by atoms with Gasteiger partial charge in [0.05, 0.1) is 18.3 Å². The first-order chi connectivity index (χ1) is 11.8. The first kappa shape index (κ1) is 15.1. The van der Waals surface area contributed by atoms with Gasteiger partial charge in [0.1, 0.15) is 16.8 Å². The first-order valence-electron chi connectivity index (χ1n) is 7.99. The van der Waals surface area contributed by atoms with E-state index >= 15 is 0 Å². The highest BCUT2D eigenvalue weighted by Crippen LogP contribution is 2.26. The van der Waals surface area contributed by atoms with Crippen molar-refractivity contribution in [1.82, 2.24) is 14.1 Å². The Balaban J connectivity index is 1.42. The molecule has 6 heteroatoms. The van der Waals surface area contributed by atoms with Crippen LogP contribution in [0.5, 0.6) is 5.75 Å². The predicted molar refractivity (Wildman–Crippen MR) is 93.0 cm³/mol. The number of fused-ring (bicyclic) bond motifs is 2. The molecular formula is C18H17N3O2S. The Morgan fingerprint density at radius 3 is 3.04 bits per heavy atom. The molecule has 1 N–H and O–H groups in total. The molecule has 0 saturated heterocycles. The van der Waals surface area contributed by atoms with Crippen molar-refractivity contribution in [3.05, 3.63) is 53.6 Å². The van der Waals surface area contributed by atoms with E-state index in [2.05, 4.69) is 14.1 Å². The summed E-state index contributed by atoms with van der Waals surface area (Å²) >= 11 is 1.20. The topological polar surface area (TPSA) is 64.1 Å². The summed E-state index contributed by atoms with van der Waals surface area (Å²) in [7, 11) is 0. The van der Waals surface area contributed by atoms with Crippen LogP contribution in [0, 0.1) is 5.92 Å². The third-order valence-electron chi connectivity index (χ3n) is 4.32. The van der Waals surface area contributed by atoms with Crippen LogP contribution in [0.25, 0.3) is 11.0 Å². The van der Waals surface area contributed by atoms with E-state index in [9.17, 15) is 4.79 Å². The second-order valence-corrected chi connectivity index (χ2v) is 6.48. The van der Waals surface area contributed by atoms with Crippen molar-refractivity contribution in [3.63, 3.8) is 0 Å². The summed E-state index contributed by atoms with van der Waals surface area (Å²) in [5.41, 5.74) is 3.91. The largest absolute Gasteiger partial charge is 0.493 e. The Bertz CT molecular complexity index is 877. The lowest BCUT2D eigenvalue weighted by molar-refractivity contribution is -0.125. The molecule has 122 valence electrons. The summed E-state index contributed by atoms with van der Waals surface area (Å²) in [5.74, 6) is 0.916. The summed E-state index contributed by atoms with van der Waals surface area (Å²) in [6, 6.07) is 13.8. The van der Waals surface area contributed by atoms with Crippen LogP contribution < -0.4 is 10.1 Å². The molecule has 0 saturated carbocycles. The van der Waals surface area contributed by atoms with Crippen LogP contribution in [0.1, 0.15) is 17.5 Å². The third-order valence-corrected chi connectivity index (χ3v) is 4.88. The van der Waals surface area contributed by atoms with E-state index in [0.717, 1.165) is 40.8 Å². The van der Waals surface area contributed by atoms with Crippen molar-refractivity contribution in [1.29, 1.82) is 0 Å². The summed E-state index contributed by atoms with van der Waals surface area (Å²) < 4.78 is 14.2. The van der Waals surface area contributed by atoms with Gasteiger partial charge in [-0.15, -0.1) is 0 Å². The summed E-state index contributed by atoms with van der Waals surface area (Å²) in [4.78, 5) is 12.6. The molecule has 0 radical (unpaired) electrons. The molecule has 0 spiro atoms. The molecule has 1 aliphatic heterocycles. The Kier molecular flexibility index (Phi) is 4.13. The molecule has 1 amide bonds. The van der Waals surface area contributed by atoms with Gasteiger partial charge in [-0.2, -0.15) is 8.75 Å². The molecule has 1 aliphatic rings. The van der Waals surface area contributed by atoms with Gasteiger partial charge in [-0.3, -0.25) is 4.79 Å². The number of ether oxygens (including phenoxy) is 1. The van der Waals surface area contributed by atoms with E-state index < -0.39 is 0 Å². The molecule has 1 aromatic heterocycles. The standard InChI is InChI=1S/C18H17N3O2S/c22-18(14-7-8-23-17-4-2-1-3-13(17)10-14)19-11-12-5-6-15-16(9-12)21-24-20-15/h1-6,9,14H,7-8,10-11H2,(H,19,22)/t14-/m0/s1. The zero-order valence-electron chi connectivity index (χ0n) is 13.1. The highest BCUT2D eigenvalue weighted by Gasteiger charge is 2.23. The van der Waals surface area contributed by atoms with Crippen molar-refractivity contribution in [2.24, 2.45) is 5.92 Å². The van der Waals surface area contributed by atoms with Crippen molar-refractivity contribution >= 4 is 28.7 Å². The molecule has 3 aromatic rings. The fourth-order valence-electron chi connectivity index (χ4n) is 2.99. The van der Waals surface area contributed by atoms with Crippen LogP contribution in [-0.4, -0.2) is 21.3 Å². The van der Waals surface area contributed by atoms with Gasteiger partial charge >= 0.3 is 0 Å². The second kappa shape index (κ2) is 6.57. The molecule has 5 nitrogen and oxygen atoms in total. The molecule has 4 rings (SSSR count). The number of carbonyl (C=O) groups is 1. The molecule has 2 aromatic carbocycles. The minimum atomic E-state index is -0.0571. The SMILES string of the molecule is O=C(NCc1ccc2nsnc2c1)[C@H]1CCOc2ccccc2C1. The highest BCUT2D eigenvalue weighted by atomic mass is 32.1. The van der Waals surface area contributed by atoms with Gasteiger partial charge in [-0.05, 0) is 42.2 Å². The van der Waals surface area contributed by atoms with Crippen LogP contribution >= 0.6 is 11.7 Å². The molecule has 24 heavy (non-hydrogen) atoms. The van der Waals surface area contributed by atoms with E-state index in [1.54, 1.807) is 0 Å². The van der Waals surface area contributed by atoms with Gasteiger partial charge in [0, 0.05) is 12.5 Å². The average Bonchev–Trinajstić information content (AvgIpc) is 2.96. The minimum Gasteiger partial charge on any atom is -0.493 e. The van der Waals surface area contributed by atoms with Crippen LogP contribution in [-0.2, 0) is 17.8 Å². The Hall–Kier alpha value is -2.47. The summed E-state index contributed by atoms with van der Waals surface area (Å²) in [6.07, 6.45) is 1.45. The smallest absolute Gasteiger partial charge is 0.223 e. The Labute approximate surface area is 144 Å². The number of hydrogen-bond donors (Lipinski definition) is 1. The first-order valence-corrected chi connectivity index (χ1v) is 8.72. The zero-order valence-corrected chi connectivity index (χ0v) is 13.9. The van der Waals surface area contributed by atoms with Crippen molar-refractivity contribution in [2.75, 3.05) is 6.61 Å². The molecular weight excluding hydrogens is 322 g/mol. The molecule has 0 bridgehead atoms. The van der Waals surface area contributed by atoms with Crippen LogP contribution in [0.2, 0.25) is 0 Å². The van der Waals surface area contributed by atoms with Gasteiger partial charge in [-0.25, -0.2) is 0 Å². The highest BCUT2D eigenvalue weighted by molar-refractivity contribution is 7.00. The number of benzene rings is 2. The van der Waals surface area contributed by atoms with Crippen LogP contribution in [0.4, 0.5) is 0 Å². The Morgan fingerprint density at radius 1 is 1.21 bits per heavy atom. The zero-order chi connectivity index (χ0) is 16.4. The number of aromatic nitrogens is 2. The number of amides is 1. The van der Waals surface area contributed by atoms with Gasteiger partial charge in [-0.1, -0.05) is 24.3 Å². The lowest BCUT2D eigenvalue weighted by atomic mass is 9.96. The predicted octanol–water partition coefficient (Wildman–Crippen LogP) is 2.95. The quantitative estimate of drug-likeness (QED) is 0.797. The molecule has 0 fully saturated rings. The lowest BCUT2D eigenvalue weighted by Gasteiger charge is -2.14. The Morgan fingerprint density at radius 2 is 2.08 bits per heavy atom. The van der Waals surface area contributed by atoms with E-state index in [1.807, 2.05) is 42.5 Å². The number of carbonyl (C=O) groups excluding carboxylic acids is 1. The minimum absolute atomic E-state index is 0.0571. The molecule has 0 unspecified atom stereocenters. The lowest BCUT2D eigenvalue weighted by Crippen LogP contribution is -2.31. The molecule has 1 atom stereocenters. The summed E-state index contributed by atoms with van der Waals surface area (Å²) in [6.45, 7) is 1.08. The number of nitrogens with zero attached hydrogens (tertiary/aromatic N) is 2. The number of hydrogen-bond acceptors (Lipinski definition) is 5. The van der Waals surface area contributed by atoms with E-state index in [1.165, 1.54) is 11.7 Å². The fraction of sp³-hybridized carbons (Fsp3) is 0.278. The maximum Gasteiger partial charge on any atom is 0.223 e. The van der Waals surface area contributed by atoms with E-state index in [-0.39, 0.29) is 11.8 Å². The second-order valence-electron chi connectivity index (χ2n) is 5.95. The third kappa shape index (κ3) is 3.10. The van der Waals surface area contributed by atoms with Crippen LogP contribution in [0.3, 0.4) is 0 Å². The molecule has 2 heterocycles. The molecule has 0 aliphatic carbocycles. The van der Waals surface area contributed by atoms with E-state index in [4.69, 9.17) is 4.74 Å². The van der Waals surface area contributed by atoms with Gasteiger partial charge in [0.25, 0.3) is 0 Å². The van der Waals surface area contributed by atoms with Gasteiger partial charge < -0.3 is 10.1 Å². The number of rotatable bonds is 3. The maximum absolute atomic E-state index is 12.6. The van der Waals surface area contributed by atoms with Gasteiger partial charge in [0.2, 0.25) is 5.91 Å². The monoisotopic (exact) mass is 339 g/mol. The van der Waals surface area contributed by atoms with E-state index in [0.29, 0.717) is 13.2 Å². The normalized spacial score (nSPS) is 16.9.